The molecule has 0 aromatic carbocycles. The molecule has 0 fully saturated rings. The average Bonchev–Trinajstić information content (AvgIpc) is 3.01. The Bertz CT molecular complexity index is 710. The van der Waals surface area contributed by atoms with Crippen LogP contribution >= 0.6 is 0 Å². The zero-order chi connectivity index (χ0) is 13.9. The minimum atomic E-state index is 0.912. The fourth-order valence-electron chi connectivity index (χ4n) is 2.44. The van der Waals surface area contributed by atoms with E-state index in [1.54, 1.807) is 0 Å². The number of fused-ring (bicyclic) bond motifs is 1. The van der Waals surface area contributed by atoms with Crippen molar-refractivity contribution in [3.05, 3.63) is 48.0 Å². The molecule has 5 nitrogen and oxygen atoms in total. The highest BCUT2D eigenvalue weighted by atomic mass is 15.3. The van der Waals surface area contributed by atoms with Crippen LogP contribution in [0, 0.1) is 13.8 Å². The molecule has 3 heterocycles. The van der Waals surface area contributed by atoms with Crippen LogP contribution in [-0.4, -0.2) is 25.7 Å². The molecule has 0 aliphatic carbocycles. The standard InChI is InChI=1S/C15H19N5/c1-12-11-13(2)20(18-12)9-4-7-16-14-5-3-6-15-17-8-10-19(14)15/h3,5-6,8,10-11,16H,4,7,9H2,1-2H3. The number of rotatable bonds is 5. The Kier molecular flexibility index (Phi) is 3.41. The summed E-state index contributed by atoms with van der Waals surface area (Å²) in [7, 11) is 0. The lowest BCUT2D eigenvalue weighted by Crippen LogP contribution is -2.10. The lowest BCUT2D eigenvalue weighted by atomic mass is 10.3. The second-order valence-electron chi connectivity index (χ2n) is 5.00. The van der Waals surface area contributed by atoms with Gasteiger partial charge in [-0.1, -0.05) is 6.07 Å². The van der Waals surface area contributed by atoms with E-state index in [0.717, 1.165) is 36.7 Å². The minimum absolute atomic E-state index is 0.912. The maximum absolute atomic E-state index is 4.47. The lowest BCUT2D eigenvalue weighted by Gasteiger charge is -2.09. The second-order valence-corrected chi connectivity index (χ2v) is 5.00. The topological polar surface area (TPSA) is 47.2 Å². The Morgan fingerprint density at radius 3 is 2.95 bits per heavy atom. The predicted octanol–water partition coefficient (Wildman–Crippen LogP) is 2.65. The van der Waals surface area contributed by atoms with Crippen LogP contribution in [0.4, 0.5) is 5.82 Å². The van der Waals surface area contributed by atoms with E-state index in [4.69, 9.17) is 0 Å². The van der Waals surface area contributed by atoms with Gasteiger partial charge in [-0.25, -0.2) is 4.98 Å². The number of nitrogens with one attached hydrogen (secondary N) is 1. The summed E-state index contributed by atoms with van der Waals surface area (Å²) in [5, 5.41) is 7.92. The molecule has 0 atom stereocenters. The molecule has 0 amide bonds. The van der Waals surface area contributed by atoms with Crippen LogP contribution in [0.25, 0.3) is 5.65 Å². The summed E-state index contributed by atoms with van der Waals surface area (Å²) in [5.41, 5.74) is 3.27. The fourth-order valence-corrected chi connectivity index (χ4v) is 2.44. The smallest absolute Gasteiger partial charge is 0.138 e. The molecule has 0 aliphatic rings. The van der Waals surface area contributed by atoms with Crippen molar-refractivity contribution in [1.82, 2.24) is 19.2 Å². The number of hydrogen-bond donors (Lipinski definition) is 1. The van der Waals surface area contributed by atoms with E-state index in [0.29, 0.717) is 0 Å². The third kappa shape index (κ3) is 2.52. The van der Waals surface area contributed by atoms with Gasteiger partial charge in [0.05, 0.1) is 5.69 Å². The predicted molar refractivity (Wildman–Crippen MR) is 80.0 cm³/mol. The van der Waals surface area contributed by atoms with Crippen LogP contribution in [-0.2, 0) is 6.54 Å². The first-order chi connectivity index (χ1) is 9.74. The Balaban J connectivity index is 1.58. The van der Waals surface area contributed by atoms with Crippen LogP contribution in [0.5, 0.6) is 0 Å². The summed E-state index contributed by atoms with van der Waals surface area (Å²) in [6.07, 6.45) is 4.82. The second kappa shape index (κ2) is 5.36. The van der Waals surface area contributed by atoms with E-state index in [-0.39, 0.29) is 0 Å². The summed E-state index contributed by atoms with van der Waals surface area (Å²) in [4.78, 5) is 4.28. The summed E-state index contributed by atoms with van der Waals surface area (Å²) in [6.45, 7) is 5.98. The molecule has 20 heavy (non-hydrogen) atoms. The largest absolute Gasteiger partial charge is 0.371 e. The molecule has 1 N–H and O–H groups in total. The molecular formula is C15H19N5. The van der Waals surface area contributed by atoms with Crippen molar-refractivity contribution < 1.29 is 0 Å². The van der Waals surface area contributed by atoms with Gasteiger partial charge in [-0.2, -0.15) is 5.10 Å². The first kappa shape index (κ1) is 12.7. The van der Waals surface area contributed by atoms with Crippen LogP contribution < -0.4 is 5.32 Å². The maximum atomic E-state index is 4.47. The highest BCUT2D eigenvalue weighted by Gasteiger charge is 2.01. The SMILES string of the molecule is Cc1cc(C)n(CCCNc2cccc3nccn23)n1. The summed E-state index contributed by atoms with van der Waals surface area (Å²) in [5.74, 6) is 1.08. The van der Waals surface area contributed by atoms with Crippen molar-refractivity contribution in [2.24, 2.45) is 0 Å². The van der Waals surface area contributed by atoms with Crippen LogP contribution in [0.3, 0.4) is 0 Å². The number of nitrogens with zero attached hydrogens (tertiary/aromatic N) is 4. The molecule has 0 radical (unpaired) electrons. The van der Waals surface area contributed by atoms with Gasteiger partial charge in [0.15, 0.2) is 0 Å². The van der Waals surface area contributed by atoms with E-state index >= 15 is 0 Å². The average molecular weight is 269 g/mol. The quantitative estimate of drug-likeness (QED) is 0.724. The van der Waals surface area contributed by atoms with Crippen molar-refractivity contribution >= 4 is 11.5 Å². The van der Waals surface area contributed by atoms with Crippen molar-refractivity contribution in [3.8, 4) is 0 Å². The number of anilines is 1. The molecule has 5 heteroatoms. The number of aryl methyl sites for hydroxylation is 3. The number of pyridine rings is 1. The van der Waals surface area contributed by atoms with Crippen LogP contribution in [0.15, 0.2) is 36.7 Å². The molecule has 0 spiro atoms. The van der Waals surface area contributed by atoms with E-state index < -0.39 is 0 Å². The minimum Gasteiger partial charge on any atom is -0.371 e. The van der Waals surface area contributed by atoms with Crippen LogP contribution in [0.1, 0.15) is 17.8 Å². The Labute approximate surface area is 118 Å². The Morgan fingerprint density at radius 2 is 2.15 bits per heavy atom. The van der Waals surface area contributed by atoms with Crippen molar-refractivity contribution in [3.63, 3.8) is 0 Å². The number of aromatic nitrogens is 4. The highest BCUT2D eigenvalue weighted by Crippen LogP contribution is 2.11. The number of hydrogen-bond acceptors (Lipinski definition) is 3. The molecule has 3 rings (SSSR count). The summed E-state index contributed by atoms with van der Waals surface area (Å²) >= 11 is 0. The Hall–Kier alpha value is -2.30. The van der Waals surface area contributed by atoms with Gasteiger partial charge in [0.2, 0.25) is 0 Å². The molecule has 0 saturated carbocycles. The molecule has 0 bridgehead atoms. The van der Waals surface area contributed by atoms with E-state index in [9.17, 15) is 0 Å². The summed E-state index contributed by atoms with van der Waals surface area (Å²) in [6, 6.07) is 8.20. The van der Waals surface area contributed by atoms with Crippen molar-refractivity contribution in [2.45, 2.75) is 26.8 Å². The molecule has 3 aromatic heterocycles. The van der Waals surface area contributed by atoms with E-state index in [1.165, 1.54) is 5.69 Å². The normalized spacial score (nSPS) is 11.1. The van der Waals surface area contributed by atoms with Crippen molar-refractivity contribution in [2.75, 3.05) is 11.9 Å². The fraction of sp³-hybridized carbons (Fsp3) is 0.333. The summed E-state index contributed by atoms with van der Waals surface area (Å²) < 4.78 is 4.12. The third-order valence-corrected chi connectivity index (χ3v) is 3.38. The zero-order valence-corrected chi connectivity index (χ0v) is 11.9. The van der Waals surface area contributed by atoms with Crippen LogP contribution in [0.2, 0.25) is 0 Å². The molecular weight excluding hydrogens is 250 g/mol. The Morgan fingerprint density at radius 1 is 1.25 bits per heavy atom. The first-order valence-electron chi connectivity index (χ1n) is 6.91. The lowest BCUT2D eigenvalue weighted by molar-refractivity contribution is 0.573. The van der Waals surface area contributed by atoms with Gasteiger partial charge in [0.25, 0.3) is 0 Å². The monoisotopic (exact) mass is 269 g/mol. The van der Waals surface area contributed by atoms with Gasteiger partial charge < -0.3 is 5.32 Å². The van der Waals surface area contributed by atoms with E-state index in [1.807, 2.05) is 31.5 Å². The van der Waals surface area contributed by atoms with Gasteiger partial charge in [0.1, 0.15) is 11.5 Å². The van der Waals surface area contributed by atoms with Gasteiger partial charge >= 0.3 is 0 Å². The van der Waals surface area contributed by atoms with Gasteiger partial charge in [0, 0.05) is 31.2 Å². The third-order valence-electron chi connectivity index (χ3n) is 3.38. The van der Waals surface area contributed by atoms with Gasteiger partial charge in [-0.15, -0.1) is 0 Å². The van der Waals surface area contributed by atoms with Gasteiger partial charge in [-0.05, 0) is 38.5 Å². The first-order valence-corrected chi connectivity index (χ1v) is 6.91. The molecule has 3 aromatic rings. The molecule has 0 aliphatic heterocycles. The molecule has 0 saturated heterocycles. The molecule has 104 valence electrons. The van der Waals surface area contributed by atoms with Gasteiger partial charge in [-0.3, -0.25) is 9.08 Å². The number of imidazole rings is 1. The van der Waals surface area contributed by atoms with Crippen molar-refractivity contribution in [1.29, 1.82) is 0 Å². The zero-order valence-electron chi connectivity index (χ0n) is 11.9. The molecule has 0 unspecified atom stereocenters. The highest BCUT2D eigenvalue weighted by molar-refractivity contribution is 5.49. The maximum Gasteiger partial charge on any atom is 0.138 e. The van der Waals surface area contributed by atoms with E-state index in [2.05, 4.69) is 43.5 Å².